The van der Waals surface area contributed by atoms with Crippen molar-refractivity contribution in [3.05, 3.63) is 47.0 Å². The van der Waals surface area contributed by atoms with Gasteiger partial charge in [-0.05, 0) is 24.1 Å². The number of halogens is 1. The first-order valence-corrected chi connectivity index (χ1v) is 5.96. The van der Waals surface area contributed by atoms with Gasteiger partial charge in [-0.25, -0.2) is 0 Å². The number of nitrogens with one attached hydrogen (secondary N) is 1. The number of fused-ring (bicyclic) bond motifs is 1. The van der Waals surface area contributed by atoms with Crippen LogP contribution in [0.15, 0.2) is 36.4 Å². The Kier molecular flexibility index (Phi) is 3.34. The van der Waals surface area contributed by atoms with Crippen molar-refractivity contribution in [2.24, 2.45) is 5.92 Å². The Balaban J connectivity index is 2.41. The van der Waals surface area contributed by atoms with Crippen LogP contribution in [0.2, 0.25) is 5.02 Å². The van der Waals surface area contributed by atoms with Gasteiger partial charge in [-0.3, -0.25) is 4.79 Å². The number of rotatable bonds is 2. The lowest BCUT2D eigenvalue weighted by molar-refractivity contribution is -0.110. The minimum atomic E-state index is -0.0958. The van der Waals surface area contributed by atoms with E-state index in [1.807, 2.05) is 30.4 Å². The van der Waals surface area contributed by atoms with Gasteiger partial charge in [-0.1, -0.05) is 43.7 Å². The Labute approximate surface area is 106 Å². The van der Waals surface area contributed by atoms with Gasteiger partial charge >= 0.3 is 0 Å². The van der Waals surface area contributed by atoms with Crippen molar-refractivity contribution < 1.29 is 4.79 Å². The van der Waals surface area contributed by atoms with Crippen LogP contribution in [0, 0.1) is 5.92 Å². The number of carbonyl (C=O) groups excluding carboxylic acids is 1. The first kappa shape index (κ1) is 11.9. The summed E-state index contributed by atoms with van der Waals surface area (Å²) in [7, 11) is 0. The molecule has 3 heteroatoms. The molecule has 0 unspecified atom stereocenters. The Morgan fingerprint density at radius 3 is 2.82 bits per heavy atom. The van der Waals surface area contributed by atoms with Gasteiger partial charge in [0.1, 0.15) is 0 Å². The van der Waals surface area contributed by atoms with E-state index in [1.54, 1.807) is 6.07 Å². The third kappa shape index (κ3) is 2.42. The van der Waals surface area contributed by atoms with Crippen LogP contribution in [-0.2, 0) is 4.79 Å². The van der Waals surface area contributed by atoms with Crippen LogP contribution in [-0.4, -0.2) is 5.91 Å². The molecular formula is C14H14ClNO. The molecule has 17 heavy (non-hydrogen) atoms. The topological polar surface area (TPSA) is 29.1 Å². The molecule has 0 fully saturated rings. The molecule has 2 nitrogen and oxygen atoms in total. The zero-order valence-corrected chi connectivity index (χ0v) is 10.6. The van der Waals surface area contributed by atoms with Crippen molar-refractivity contribution in [3.63, 3.8) is 0 Å². The maximum absolute atomic E-state index is 11.8. The van der Waals surface area contributed by atoms with E-state index in [9.17, 15) is 4.79 Å². The highest BCUT2D eigenvalue weighted by molar-refractivity contribution is 6.40. The van der Waals surface area contributed by atoms with E-state index < -0.39 is 0 Å². The van der Waals surface area contributed by atoms with Gasteiger partial charge in [0.25, 0.3) is 5.91 Å². The SMILES string of the molecule is CC(C)/C=C/C=C1/C(=O)Nc2cccc(Cl)c21. The smallest absolute Gasteiger partial charge is 0.256 e. The summed E-state index contributed by atoms with van der Waals surface area (Å²) in [6.07, 6.45) is 5.75. The molecule has 2 rings (SSSR count). The fourth-order valence-corrected chi connectivity index (χ4v) is 2.01. The fraction of sp³-hybridized carbons (Fsp3) is 0.214. The Bertz CT molecular complexity index is 515. The maximum Gasteiger partial charge on any atom is 0.256 e. The molecule has 1 aromatic rings. The third-order valence-corrected chi connectivity index (χ3v) is 2.85. The van der Waals surface area contributed by atoms with E-state index in [0.29, 0.717) is 16.5 Å². The summed E-state index contributed by atoms with van der Waals surface area (Å²) in [5.74, 6) is 0.364. The molecule has 1 aliphatic heterocycles. The summed E-state index contributed by atoms with van der Waals surface area (Å²) in [5.41, 5.74) is 2.21. The van der Waals surface area contributed by atoms with Crippen molar-refractivity contribution >= 4 is 28.8 Å². The number of benzene rings is 1. The van der Waals surface area contributed by atoms with Gasteiger partial charge < -0.3 is 5.32 Å². The summed E-state index contributed by atoms with van der Waals surface area (Å²) >= 11 is 6.11. The average Bonchev–Trinajstić information content (AvgIpc) is 2.56. The zero-order valence-electron chi connectivity index (χ0n) is 9.83. The highest BCUT2D eigenvalue weighted by Crippen LogP contribution is 2.36. The van der Waals surface area contributed by atoms with Crippen LogP contribution in [0.1, 0.15) is 19.4 Å². The van der Waals surface area contributed by atoms with Crippen LogP contribution in [0.4, 0.5) is 5.69 Å². The Morgan fingerprint density at radius 1 is 1.35 bits per heavy atom. The number of anilines is 1. The largest absolute Gasteiger partial charge is 0.321 e. The quantitative estimate of drug-likeness (QED) is 0.790. The summed E-state index contributed by atoms with van der Waals surface area (Å²) < 4.78 is 0. The van der Waals surface area contributed by atoms with Gasteiger partial charge in [0, 0.05) is 5.56 Å². The van der Waals surface area contributed by atoms with E-state index >= 15 is 0 Å². The molecule has 1 aliphatic rings. The predicted octanol–water partition coefficient (Wildman–Crippen LogP) is 3.89. The maximum atomic E-state index is 11.8. The van der Waals surface area contributed by atoms with E-state index in [0.717, 1.165) is 11.3 Å². The molecule has 1 heterocycles. The molecule has 0 saturated carbocycles. The van der Waals surface area contributed by atoms with Crippen molar-refractivity contribution in [1.82, 2.24) is 0 Å². The van der Waals surface area contributed by atoms with Crippen LogP contribution in [0.3, 0.4) is 0 Å². The van der Waals surface area contributed by atoms with E-state index in [1.165, 1.54) is 0 Å². The van der Waals surface area contributed by atoms with Crippen molar-refractivity contribution in [2.45, 2.75) is 13.8 Å². The van der Waals surface area contributed by atoms with Crippen LogP contribution >= 0.6 is 11.6 Å². The number of hydrogen-bond donors (Lipinski definition) is 1. The van der Waals surface area contributed by atoms with E-state index in [2.05, 4.69) is 19.2 Å². The number of carbonyl (C=O) groups is 1. The predicted molar refractivity (Wildman–Crippen MR) is 72.0 cm³/mol. The van der Waals surface area contributed by atoms with Crippen LogP contribution in [0.5, 0.6) is 0 Å². The molecule has 88 valence electrons. The molecular weight excluding hydrogens is 234 g/mol. The summed E-state index contributed by atoms with van der Waals surface area (Å²) in [5, 5.41) is 3.40. The van der Waals surface area contributed by atoms with Gasteiger partial charge in [-0.2, -0.15) is 0 Å². The average molecular weight is 248 g/mol. The first-order valence-electron chi connectivity index (χ1n) is 5.58. The molecule has 1 amide bonds. The van der Waals surface area contributed by atoms with Gasteiger partial charge in [0.15, 0.2) is 0 Å². The molecule has 0 bridgehead atoms. The van der Waals surface area contributed by atoms with Crippen molar-refractivity contribution in [2.75, 3.05) is 5.32 Å². The lowest BCUT2D eigenvalue weighted by atomic mass is 10.1. The molecule has 0 spiro atoms. The zero-order chi connectivity index (χ0) is 12.4. The van der Waals surface area contributed by atoms with E-state index in [4.69, 9.17) is 11.6 Å². The standard InChI is InChI=1S/C14H14ClNO/c1-9(2)5-3-6-10-13-11(15)7-4-8-12(13)16-14(10)17/h3-9H,1-2H3,(H,16,17)/b5-3+,10-6+. The van der Waals surface area contributed by atoms with Crippen molar-refractivity contribution in [1.29, 1.82) is 0 Å². The second kappa shape index (κ2) is 4.76. The first-order chi connectivity index (χ1) is 8.09. The van der Waals surface area contributed by atoms with Gasteiger partial charge in [0.05, 0.1) is 16.3 Å². The Morgan fingerprint density at radius 2 is 2.12 bits per heavy atom. The minimum absolute atomic E-state index is 0.0958. The molecule has 0 atom stereocenters. The van der Waals surface area contributed by atoms with E-state index in [-0.39, 0.29) is 5.91 Å². The lowest BCUT2D eigenvalue weighted by Gasteiger charge is -1.99. The lowest BCUT2D eigenvalue weighted by Crippen LogP contribution is -2.03. The molecule has 0 radical (unpaired) electrons. The van der Waals surface area contributed by atoms with Gasteiger partial charge in [0.2, 0.25) is 0 Å². The fourth-order valence-electron chi connectivity index (χ4n) is 1.74. The second-order valence-electron chi connectivity index (χ2n) is 4.33. The number of amides is 1. The third-order valence-electron chi connectivity index (χ3n) is 2.53. The molecule has 1 N–H and O–H groups in total. The number of allylic oxidation sites excluding steroid dienone is 3. The molecule has 0 aliphatic carbocycles. The van der Waals surface area contributed by atoms with Crippen molar-refractivity contribution in [3.8, 4) is 0 Å². The molecule has 0 saturated heterocycles. The monoisotopic (exact) mass is 247 g/mol. The Hall–Kier alpha value is -1.54. The molecule has 1 aromatic carbocycles. The van der Waals surface area contributed by atoms with Gasteiger partial charge in [-0.15, -0.1) is 0 Å². The summed E-state index contributed by atoms with van der Waals surface area (Å²) in [6, 6.07) is 5.47. The van der Waals surface area contributed by atoms with Crippen LogP contribution in [0.25, 0.3) is 5.57 Å². The second-order valence-corrected chi connectivity index (χ2v) is 4.73. The normalized spacial score (nSPS) is 16.9. The summed E-state index contributed by atoms with van der Waals surface area (Å²) in [6.45, 7) is 4.18. The number of hydrogen-bond acceptors (Lipinski definition) is 1. The highest BCUT2D eigenvalue weighted by Gasteiger charge is 2.25. The van der Waals surface area contributed by atoms with Crippen LogP contribution < -0.4 is 5.32 Å². The molecule has 0 aromatic heterocycles. The summed E-state index contributed by atoms with van der Waals surface area (Å²) in [4.78, 5) is 11.8. The minimum Gasteiger partial charge on any atom is -0.321 e. The highest BCUT2D eigenvalue weighted by atomic mass is 35.5.